The topological polar surface area (TPSA) is 45.1 Å². The van der Waals surface area contributed by atoms with Gasteiger partial charge in [-0.25, -0.2) is 4.98 Å². The maximum atomic E-state index is 9.68. The van der Waals surface area contributed by atoms with Crippen molar-refractivity contribution in [2.75, 3.05) is 6.54 Å². The van der Waals surface area contributed by atoms with Gasteiger partial charge in [0.2, 0.25) is 0 Å². The van der Waals surface area contributed by atoms with Crippen LogP contribution in [0.2, 0.25) is 0 Å². The third-order valence-electron chi connectivity index (χ3n) is 3.20. The molecule has 1 saturated carbocycles. The van der Waals surface area contributed by atoms with Crippen molar-refractivity contribution in [1.82, 2.24) is 10.3 Å². The van der Waals surface area contributed by atoms with E-state index in [4.69, 9.17) is 0 Å². The molecule has 0 aliphatic heterocycles. The Morgan fingerprint density at radius 1 is 1.67 bits per heavy atom. The first-order valence-corrected chi connectivity index (χ1v) is 6.51. The van der Waals surface area contributed by atoms with Gasteiger partial charge in [-0.1, -0.05) is 6.42 Å². The molecule has 0 saturated heterocycles. The van der Waals surface area contributed by atoms with Crippen LogP contribution >= 0.6 is 11.3 Å². The SMILES string of the molecule is CC(NCC1CCCC1O)c1cscn1. The molecule has 1 fully saturated rings. The predicted octanol–water partition coefficient (Wildman–Crippen LogP) is 1.95. The minimum atomic E-state index is -0.0971. The summed E-state index contributed by atoms with van der Waals surface area (Å²) in [6, 6.07) is 0.295. The largest absolute Gasteiger partial charge is 0.393 e. The molecule has 3 unspecified atom stereocenters. The van der Waals surface area contributed by atoms with Gasteiger partial charge in [0.25, 0.3) is 0 Å². The molecule has 1 aliphatic carbocycles. The fourth-order valence-corrected chi connectivity index (χ4v) is 2.77. The minimum absolute atomic E-state index is 0.0971. The summed E-state index contributed by atoms with van der Waals surface area (Å²) >= 11 is 1.63. The number of nitrogens with zero attached hydrogens (tertiary/aromatic N) is 1. The summed E-state index contributed by atoms with van der Waals surface area (Å²) in [5, 5.41) is 15.2. The van der Waals surface area contributed by atoms with Gasteiger partial charge in [0, 0.05) is 18.0 Å². The first-order valence-electron chi connectivity index (χ1n) is 5.57. The average Bonchev–Trinajstić information content (AvgIpc) is 2.85. The Kier molecular flexibility index (Phi) is 3.72. The number of nitrogens with one attached hydrogen (secondary N) is 1. The first-order chi connectivity index (χ1) is 7.27. The Labute approximate surface area is 94.5 Å². The Bertz CT molecular complexity index is 289. The van der Waals surface area contributed by atoms with E-state index >= 15 is 0 Å². The van der Waals surface area contributed by atoms with Crippen LogP contribution in [0.5, 0.6) is 0 Å². The molecule has 84 valence electrons. The molecule has 0 amide bonds. The zero-order valence-corrected chi connectivity index (χ0v) is 9.83. The van der Waals surface area contributed by atoms with E-state index in [0.717, 1.165) is 25.1 Å². The smallest absolute Gasteiger partial charge is 0.0795 e. The molecule has 3 atom stereocenters. The Hall–Kier alpha value is -0.450. The molecule has 1 aromatic rings. The molecule has 1 heterocycles. The zero-order chi connectivity index (χ0) is 10.7. The summed E-state index contributed by atoms with van der Waals surface area (Å²) in [6.45, 7) is 3.02. The molecule has 0 radical (unpaired) electrons. The van der Waals surface area contributed by atoms with Crippen molar-refractivity contribution in [3.63, 3.8) is 0 Å². The Balaban J connectivity index is 1.78. The second-order valence-electron chi connectivity index (χ2n) is 4.30. The number of hydrogen-bond acceptors (Lipinski definition) is 4. The van der Waals surface area contributed by atoms with E-state index in [2.05, 4.69) is 22.6 Å². The highest BCUT2D eigenvalue weighted by molar-refractivity contribution is 7.07. The van der Waals surface area contributed by atoms with Crippen molar-refractivity contribution in [2.24, 2.45) is 5.92 Å². The average molecular weight is 226 g/mol. The second-order valence-corrected chi connectivity index (χ2v) is 5.02. The van der Waals surface area contributed by atoms with Crippen LogP contribution in [-0.2, 0) is 0 Å². The maximum Gasteiger partial charge on any atom is 0.0795 e. The third-order valence-corrected chi connectivity index (χ3v) is 3.80. The highest BCUT2D eigenvalue weighted by Gasteiger charge is 2.25. The monoisotopic (exact) mass is 226 g/mol. The molecule has 3 nitrogen and oxygen atoms in total. The number of hydrogen-bond donors (Lipinski definition) is 2. The van der Waals surface area contributed by atoms with Gasteiger partial charge in [-0.2, -0.15) is 0 Å². The lowest BCUT2D eigenvalue weighted by molar-refractivity contribution is 0.130. The number of aromatic nitrogens is 1. The molecular weight excluding hydrogens is 208 g/mol. The molecule has 15 heavy (non-hydrogen) atoms. The lowest BCUT2D eigenvalue weighted by Gasteiger charge is -2.18. The minimum Gasteiger partial charge on any atom is -0.393 e. The van der Waals surface area contributed by atoms with Crippen LogP contribution in [0.1, 0.15) is 37.9 Å². The van der Waals surface area contributed by atoms with Gasteiger partial charge < -0.3 is 10.4 Å². The van der Waals surface area contributed by atoms with E-state index in [0.29, 0.717) is 12.0 Å². The Morgan fingerprint density at radius 2 is 2.53 bits per heavy atom. The number of aliphatic hydroxyl groups is 1. The van der Waals surface area contributed by atoms with Crippen LogP contribution < -0.4 is 5.32 Å². The number of aliphatic hydroxyl groups excluding tert-OH is 1. The molecule has 2 rings (SSSR count). The van der Waals surface area contributed by atoms with Gasteiger partial charge in [0.15, 0.2) is 0 Å². The molecule has 1 aromatic heterocycles. The summed E-state index contributed by atoms with van der Waals surface area (Å²) < 4.78 is 0. The standard InChI is InChI=1S/C11H18N2OS/c1-8(10-6-15-7-13-10)12-5-9-3-2-4-11(9)14/h6-9,11-12,14H,2-5H2,1H3. The van der Waals surface area contributed by atoms with Crippen molar-refractivity contribution >= 4 is 11.3 Å². The highest BCUT2D eigenvalue weighted by atomic mass is 32.1. The molecule has 0 bridgehead atoms. The van der Waals surface area contributed by atoms with Crippen LogP contribution in [0.15, 0.2) is 10.9 Å². The van der Waals surface area contributed by atoms with Gasteiger partial charge in [0.05, 0.1) is 17.3 Å². The molecule has 2 N–H and O–H groups in total. The van der Waals surface area contributed by atoms with Gasteiger partial charge >= 0.3 is 0 Å². The van der Waals surface area contributed by atoms with E-state index in [9.17, 15) is 5.11 Å². The van der Waals surface area contributed by atoms with E-state index in [1.807, 2.05) is 5.51 Å². The fourth-order valence-electron chi connectivity index (χ4n) is 2.12. The predicted molar refractivity (Wildman–Crippen MR) is 61.9 cm³/mol. The molecule has 1 aliphatic rings. The van der Waals surface area contributed by atoms with Gasteiger partial charge in [0.1, 0.15) is 0 Å². The van der Waals surface area contributed by atoms with E-state index in [1.54, 1.807) is 11.3 Å². The van der Waals surface area contributed by atoms with Crippen molar-refractivity contribution in [2.45, 2.75) is 38.3 Å². The quantitative estimate of drug-likeness (QED) is 0.825. The summed E-state index contributed by atoms with van der Waals surface area (Å²) in [6.07, 6.45) is 3.19. The molecule has 0 spiro atoms. The van der Waals surface area contributed by atoms with Crippen molar-refractivity contribution in [3.05, 3.63) is 16.6 Å². The molecule has 0 aromatic carbocycles. The normalized spacial score (nSPS) is 28.1. The van der Waals surface area contributed by atoms with Crippen LogP contribution in [0.3, 0.4) is 0 Å². The third kappa shape index (κ3) is 2.77. The molecule has 4 heteroatoms. The van der Waals surface area contributed by atoms with E-state index < -0.39 is 0 Å². The van der Waals surface area contributed by atoms with Gasteiger partial charge in [-0.15, -0.1) is 11.3 Å². The van der Waals surface area contributed by atoms with Gasteiger partial charge in [-0.3, -0.25) is 0 Å². The molecular formula is C11H18N2OS. The number of thiazole rings is 1. The number of rotatable bonds is 4. The maximum absolute atomic E-state index is 9.68. The van der Waals surface area contributed by atoms with E-state index in [-0.39, 0.29) is 6.10 Å². The van der Waals surface area contributed by atoms with Crippen LogP contribution in [0, 0.1) is 5.92 Å². The van der Waals surface area contributed by atoms with Crippen molar-refractivity contribution in [3.8, 4) is 0 Å². The summed E-state index contributed by atoms with van der Waals surface area (Å²) in [4.78, 5) is 4.27. The second kappa shape index (κ2) is 5.05. The van der Waals surface area contributed by atoms with Gasteiger partial charge in [-0.05, 0) is 25.7 Å². The Morgan fingerprint density at radius 3 is 3.13 bits per heavy atom. The summed E-state index contributed by atoms with van der Waals surface area (Å²) in [7, 11) is 0. The fraction of sp³-hybridized carbons (Fsp3) is 0.727. The van der Waals surface area contributed by atoms with Crippen LogP contribution in [0.4, 0.5) is 0 Å². The van der Waals surface area contributed by atoms with Crippen molar-refractivity contribution < 1.29 is 5.11 Å². The van der Waals surface area contributed by atoms with Crippen LogP contribution in [-0.4, -0.2) is 22.7 Å². The lowest BCUT2D eigenvalue weighted by Crippen LogP contribution is -2.29. The highest BCUT2D eigenvalue weighted by Crippen LogP contribution is 2.25. The van der Waals surface area contributed by atoms with E-state index in [1.165, 1.54) is 6.42 Å². The summed E-state index contributed by atoms with van der Waals surface area (Å²) in [5.41, 5.74) is 2.96. The first kappa shape index (κ1) is 11.0. The summed E-state index contributed by atoms with van der Waals surface area (Å²) in [5.74, 6) is 0.436. The van der Waals surface area contributed by atoms with Crippen LogP contribution in [0.25, 0.3) is 0 Å². The lowest BCUT2D eigenvalue weighted by atomic mass is 10.1. The van der Waals surface area contributed by atoms with Crippen molar-refractivity contribution in [1.29, 1.82) is 0 Å². The zero-order valence-electron chi connectivity index (χ0n) is 9.02.